The molecule has 0 aromatic heterocycles. The van der Waals surface area contributed by atoms with E-state index in [0.29, 0.717) is 0 Å². The standard InChI is InChI=1S/C11H13FO3S/c12-10-4-2-1-3-9(10)11(15)7-16-6-8(14)5-13/h1-4,8,13-14H,5-7H2. The summed E-state index contributed by atoms with van der Waals surface area (Å²) in [6.07, 6.45) is -0.835. The zero-order valence-electron chi connectivity index (χ0n) is 8.60. The van der Waals surface area contributed by atoms with Crippen molar-refractivity contribution in [3.8, 4) is 0 Å². The molecule has 0 fully saturated rings. The first-order chi connectivity index (χ1) is 7.65. The number of halogens is 1. The Labute approximate surface area is 97.3 Å². The van der Waals surface area contributed by atoms with Crippen LogP contribution in [0.1, 0.15) is 10.4 Å². The van der Waals surface area contributed by atoms with Gasteiger partial charge in [0, 0.05) is 5.75 Å². The van der Waals surface area contributed by atoms with Crippen molar-refractivity contribution in [3.05, 3.63) is 35.6 Å². The van der Waals surface area contributed by atoms with E-state index in [2.05, 4.69) is 0 Å². The van der Waals surface area contributed by atoms with Crippen LogP contribution in [-0.2, 0) is 0 Å². The van der Waals surface area contributed by atoms with Crippen LogP contribution in [0.25, 0.3) is 0 Å². The molecule has 5 heteroatoms. The van der Waals surface area contributed by atoms with Gasteiger partial charge in [0.25, 0.3) is 0 Å². The molecule has 1 aromatic rings. The number of thioether (sulfide) groups is 1. The predicted octanol–water partition coefficient (Wildman–Crippen LogP) is 1.09. The fraction of sp³-hybridized carbons (Fsp3) is 0.364. The second kappa shape index (κ2) is 6.62. The molecule has 0 aliphatic carbocycles. The van der Waals surface area contributed by atoms with Crippen LogP contribution in [0.4, 0.5) is 4.39 Å². The molecule has 0 radical (unpaired) electrons. The van der Waals surface area contributed by atoms with Gasteiger partial charge in [0.2, 0.25) is 0 Å². The molecule has 0 bridgehead atoms. The quantitative estimate of drug-likeness (QED) is 0.736. The van der Waals surface area contributed by atoms with Gasteiger partial charge in [0.1, 0.15) is 5.82 Å². The maximum atomic E-state index is 13.2. The molecule has 0 aliphatic heterocycles. The van der Waals surface area contributed by atoms with E-state index < -0.39 is 11.9 Å². The van der Waals surface area contributed by atoms with Crippen LogP contribution in [0.3, 0.4) is 0 Å². The molecule has 0 aliphatic rings. The molecule has 1 atom stereocenters. The van der Waals surface area contributed by atoms with Crippen LogP contribution in [0.5, 0.6) is 0 Å². The lowest BCUT2D eigenvalue weighted by Gasteiger charge is -2.06. The molecule has 3 nitrogen and oxygen atoms in total. The lowest BCUT2D eigenvalue weighted by Crippen LogP contribution is -2.16. The molecular formula is C11H13FO3S. The average Bonchev–Trinajstić information content (AvgIpc) is 2.29. The van der Waals surface area contributed by atoms with Crippen molar-refractivity contribution in [2.75, 3.05) is 18.1 Å². The maximum absolute atomic E-state index is 13.2. The summed E-state index contributed by atoms with van der Waals surface area (Å²) in [4.78, 5) is 11.5. The SMILES string of the molecule is O=C(CSCC(O)CO)c1ccccc1F. The summed E-state index contributed by atoms with van der Waals surface area (Å²) in [6, 6.07) is 5.79. The van der Waals surface area contributed by atoms with E-state index in [0.717, 1.165) is 0 Å². The van der Waals surface area contributed by atoms with Crippen molar-refractivity contribution in [2.24, 2.45) is 0 Å². The first-order valence-electron chi connectivity index (χ1n) is 4.79. The van der Waals surface area contributed by atoms with Crippen LogP contribution < -0.4 is 0 Å². The number of carbonyl (C=O) groups is 1. The lowest BCUT2D eigenvalue weighted by molar-refractivity contribution is 0.101. The second-order valence-corrected chi connectivity index (χ2v) is 4.28. The Bertz CT molecular complexity index is 357. The minimum absolute atomic E-state index is 0.0634. The third-order valence-electron chi connectivity index (χ3n) is 1.93. The highest BCUT2D eigenvalue weighted by Crippen LogP contribution is 2.11. The van der Waals surface area contributed by atoms with Gasteiger partial charge in [-0.1, -0.05) is 12.1 Å². The highest BCUT2D eigenvalue weighted by molar-refractivity contribution is 8.00. The molecule has 1 rings (SSSR count). The largest absolute Gasteiger partial charge is 0.394 e. The Hall–Kier alpha value is -0.910. The zero-order valence-corrected chi connectivity index (χ0v) is 9.41. The Morgan fingerprint density at radius 2 is 2.12 bits per heavy atom. The van der Waals surface area contributed by atoms with Gasteiger partial charge in [0.15, 0.2) is 5.78 Å². The Balaban J connectivity index is 2.44. The van der Waals surface area contributed by atoms with E-state index in [4.69, 9.17) is 10.2 Å². The van der Waals surface area contributed by atoms with Gasteiger partial charge in [0.05, 0.1) is 24.0 Å². The number of aliphatic hydroxyl groups excluding tert-OH is 2. The minimum atomic E-state index is -0.835. The number of hydrogen-bond donors (Lipinski definition) is 2. The molecule has 1 aromatic carbocycles. The summed E-state index contributed by atoms with van der Waals surface area (Å²) < 4.78 is 13.2. The number of carbonyl (C=O) groups excluding carboxylic acids is 1. The molecule has 0 spiro atoms. The van der Waals surface area contributed by atoms with Gasteiger partial charge < -0.3 is 10.2 Å². The van der Waals surface area contributed by atoms with Gasteiger partial charge in [-0.05, 0) is 12.1 Å². The molecule has 0 amide bonds. The number of aliphatic hydroxyl groups is 2. The van der Waals surface area contributed by atoms with E-state index in [1.165, 1.54) is 30.0 Å². The normalized spacial score (nSPS) is 12.4. The fourth-order valence-corrected chi connectivity index (χ4v) is 1.94. The highest BCUT2D eigenvalue weighted by atomic mass is 32.2. The first-order valence-corrected chi connectivity index (χ1v) is 5.95. The minimum Gasteiger partial charge on any atom is -0.394 e. The molecule has 0 heterocycles. The van der Waals surface area contributed by atoms with Crippen LogP contribution >= 0.6 is 11.8 Å². The van der Waals surface area contributed by atoms with Crippen molar-refractivity contribution in [1.82, 2.24) is 0 Å². The lowest BCUT2D eigenvalue weighted by atomic mass is 10.1. The third-order valence-corrected chi connectivity index (χ3v) is 3.02. The third kappa shape index (κ3) is 3.92. The van der Waals surface area contributed by atoms with Crippen molar-refractivity contribution >= 4 is 17.5 Å². The summed E-state index contributed by atoms with van der Waals surface area (Å²) in [7, 11) is 0. The van der Waals surface area contributed by atoms with Gasteiger partial charge in [-0.15, -0.1) is 0 Å². The van der Waals surface area contributed by atoms with Crippen LogP contribution in [0.2, 0.25) is 0 Å². The average molecular weight is 244 g/mol. The summed E-state index contributed by atoms with van der Waals surface area (Å²) in [5.41, 5.74) is 0.0634. The Morgan fingerprint density at radius 1 is 1.44 bits per heavy atom. The highest BCUT2D eigenvalue weighted by Gasteiger charge is 2.11. The fourth-order valence-electron chi connectivity index (χ4n) is 1.11. The summed E-state index contributed by atoms with van der Waals surface area (Å²) in [5, 5.41) is 17.6. The summed E-state index contributed by atoms with van der Waals surface area (Å²) in [5.74, 6) is -0.488. The van der Waals surface area contributed by atoms with Gasteiger partial charge >= 0.3 is 0 Å². The summed E-state index contributed by atoms with van der Waals surface area (Å²) in [6.45, 7) is -0.332. The molecular weight excluding hydrogens is 231 g/mol. The van der Waals surface area contributed by atoms with Gasteiger partial charge in [-0.3, -0.25) is 4.79 Å². The predicted molar refractivity (Wildman–Crippen MR) is 61.1 cm³/mol. The smallest absolute Gasteiger partial charge is 0.175 e. The number of ketones is 1. The van der Waals surface area contributed by atoms with E-state index in [9.17, 15) is 9.18 Å². The zero-order chi connectivity index (χ0) is 12.0. The van der Waals surface area contributed by atoms with E-state index in [1.807, 2.05) is 0 Å². The van der Waals surface area contributed by atoms with Crippen LogP contribution in [-0.4, -0.2) is 40.2 Å². The van der Waals surface area contributed by atoms with E-state index in [1.54, 1.807) is 6.07 Å². The molecule has 2 N–H and O–H groups in total. The molecule has 0 saturated heterocycles. The number of hydrogen-bond acceptors (Lipinski definition) is 4. The first kappa shape index (κ1) is 13.2. The molecule has 16 heavy (non-hydrogen) atoms. The Morgan fingerprint density at radius 3 is 2.75 bits per heavy atom. The molecule has 0 saturated carbocycles. The Kier molecular flexibility index (Phi) is 5.45. The van der Waals surface area contributed by atoms with Crippen LogP contribution in [0, 0.1) is 5.82 Å². The number of benzene rings is 1. The van der Waals surface area contributed by atoms with Crippen molar-refractivity contribution < 1.29 is 19.4 Å². The maximum Gasteiger partial charge on any atom is 0.175 e. The van der Waals surface area contributed by atoms with Crippen molar-refractivity contribution in [1.29, 1.82) is 0 Å². The van der Waals surface area contributed by atoms with E-state index in [-0.39, 0.29) is 29.5 Å². The van der Waals surface area contributed by atoms with Crippen molar-refractivity contribution in [2.45, 2.75) is 6.10 Å². The van der Waals surface area contributed by atoms with Crippen molar-refractivity contribution in [3.63, 3.8) is 0 Å². The second-order valence-electron chi connectivity index (χ2n) is 3.25. The topological polar surface area (TPSA) is 57.5 Å². The summed E-state index contributed by atoms with van der Waals surface area (Å²) >= 11 is 1.17. The van der Waals surface area contributed by atoms with E-state index >= 15 is 0 Å². The number of Topliss-reactive ketones (excluding diaryl/α,β-unsaturated/α-hetero) is 1. The number of rotatable bonds is 6. The molecule has 88 valence electrons. The monoisotopic (exact) mass is 244 g/mol. The molecule has 1 unspecified atom stereocenters. The van der Waals surface area contributed by atoms with Gasteiger partial charge in [-0.2, -0.15) is 11.8 Å². The van der Waals surface area contributed by atoms with Crippen LogP contribution in [0.15, 0.2) is 24.3 Å². The van der Waals surface area contributed by atoms with Gasteiger partial charge in [-0.25, -0.2) is 4.39 Å².